The molecule has 100 valence electrons. The first kappa shape index (κ1) is 13.6. The maximum atomic E-state index is 3.68. The second-order valence-corrected chi connectivity index (χ2v) is 5.73. The summed E-state index contributed by atoms with van der Waals surface area (Å²) >= 11 is 0. The van der Waals surface area contributed by atoms with Crippen LogP contribution in [0.4, 0.5) is 0 Å². The predicted octanol–water partition coefficient (Wildman–Crippen LogP) is 3.82. The van der Waals surface area contributed by atoms with Gasteiger partial charge < -0.3 is 5.32 Å². The summed E-state index contributed by atoms with van der Waals surface area (Å²) in [5, 5.41) is 3.68. The van der Waals surface area contributed by atoms with Crippen molar-refractivity contribution in [3.05, 3.63) is 35.4 Å². The van der Waals surface area contributed by atoms with Crippen molar-refractivity contribution >= 4 is 0 Å². The quantitative estimate of drug-likeness (QED) is 0.770. The van der Waals surface area contributed by atoms with Crippen LogP contribution in [0.25, 0.3) is 0 Å². The van der Waals surface area contributed by atoms with Crippen molar-refractivity contribution in [2.24, 2.45) is 11.8 Å². The maximum absolute atomic E-state index is 3.68. The molecule has 0 radical (unpaired) electrons. The number of hydrogen-bond acceptors (Lipinski definition) is 1. The molecule has 0 spiro atoms. The second kappa shape index (κ2) is 6.38. The van der Waals surface area contributed by atoms with Crippen molar-refractivity contribution < 1.29 is 0 Å². The van der Waals surface area contributed by atoms with Gasteiger partial charge in [0, 0.05) is 6.04 Å². The number of hydrogen-bond donors (Lipinski definition) is 1. The molecule has 1 aliphatic carbocycles. The number of benzene rings is 1. The van der Waals surface area contributed by atoms with Crippen molar-refractivity contribution in [2.75, 3.05) is 6.54 Å². The zero-order chi connectivity index (χ0) is 13.0. The van der Waals surface area contributed by atoms with Crippen LogP contribution < -0.4 is 5.32 Å². The first-order valence-corrected chi connectivity index (χ1v) is 7.55. The average Bonchev–Trinajstić information content (AvgIpc) is 3.22. The van der Waals surface area contributed by atoms with Crippen LogP contribution in [0.3, 0.4) is 0 Å². The highest BCUT2D eigenvalue weighted by molar-refractivity contribution is 5.23. The molecule has 0 bridgehead atoms. The molecule has 1 aliphatic rings. The van der Waals surface area contributed by atoms with E-state index >= 15 is 0 Å². The summed E-state index contributed by atoms with van der Waals surface area (Å²) in [4.78, 5) is 0. The standard InChI is InChI=1S/C17H27N/c1-4-14-6-8-15(9-7-14)12-17(18-5-2)13(3)16-10-11-16/h6-9,13,16-18H,4-5,10-12H2,1-3H3. The van der Waals surface area contributed by atoms with E-state index in [1.165, 1.54) is 30.4 Å². The molecule has 0 heterocycles. The van der Waals surface area contributed by atoms with E-state index in [0.29, 0.717) is 6.04 Å². The van der Waals surface area contributed by atoms with E-state index in [9.17, 15) is 0 Å². The summed E-state index contributed by atoms with van der Waals surface area (Å²) in [5.74, 6) is 1.79. The van der Waals surface area contributed by atoms with Crippen LogP contribution in [-0.4, -0.2) is 12.6 Å². The number of aryl methyl sites for hydroxylation is 1. The summed E-state index contributed by atoms with van der Waals surface area (Å²) in [7, 11) is 0. The lowest BCUT2D eigenvalue weighted by atomic mass is 9.91. The third-order valence-corrected chi connectivity index (χ3v) is 4.35. The molecule has 0 aromatic heterocycles. The van der Waals surface area contributed by atoms with Crippen LogP contribution in [0.15, 0.2) is 24.3 Å². The van der Waals surface area contributed by atoms with Gasteiger partial charge in [-0.25, -0.2) is 0 Å². The van der Waals surface area contributed by atoms with E-state index < -0.39 is 0 Å². The van der Waals surface area contributed by atoms with Gasteiger partial charge in [-0.05, 0) is 55.2 Å². The molecular formula is C17H27N. The fourth-order valence-electron chi connectivity index (χ4n) is 2.82. The third-order valence-electron chi connectivity index (χ3n) is 4.35. The molecule has 1 aromatic carbocycles. The molecule has 1 aromatic rings. The number of nitrogens with one attached hydrogen (secondary N) is 1. The molecular weight excluding hydrogens is 218 g/mol. The van der Waals surface area contributed by atoms with Gasteiger partial charge in [-0.2, -0.15) is 0 Å². The Balaban J connectivity index is 1.97. The summed E-state index contributed by atoms with van der Waals surface area (Å²) in [6.07, 6.45) is 5.20. The number of rotatable bonds is 7. The van der Waals surface area contributed by atoms with Crippen molar-refractivity contribution in [3.8, 4) is 0 Å². The normalized spacial score (nSPS) is 18.6. The molecule has 2 rings (SSSR count). The van der Waals surface area contributed by atoms with Gasteiger partial charge in [0.25, 0.3) is 0 Å². The molecule has 1 saturated carbocycles. The Morgan fingerprint density at radius 1 is 1.11 bits per heavy atom. The Morgan fingerprint density at radius 2 is 1.72 bits per heavy atom. The molecule has 2 unspecified atom stereocenters. The lowest BCUT2D eigenvalue weighted by molar-refractivity contribution is 0.344. The van der Waals surface area contributed by atoms with Crippen molar-refractivity contribution in [3.63, 3.8) is 0 Å². The monoisotopic (exact) mass is 245 g/mol. The Hall–Kier alpha value is -0.820. The van der Waals surface area contributed by atoms with Crippen LogP contribution in [0.5, 0.6) is 0 Å². The van der Waals surface area contributed by atoms with E-state index in [0.717, 1.165) is 24.8 Å². The Kier molecular flexibility index (Phi) is 4.82. The molecule has 18 heavy (non-hydrogen) atoms. The topological polar surface area (TPSA) is 12.0 Å². The largest absolute Gasteiger partial charge is 0.314 e. The van der Waals surface area contributed by atoms with Gasteiger partial charge in [-0.1, -0.05) is 45.0 Å². The maximum Gasteiger partial charge on any atom is 0.0136 e. The Labute approximate surface area is 112 Å². The first-order valence-electron chi connectivity index (χ1n) is 7.55. The fourth-order valence-corrected chi connectivity index (χ4v) is 2.82. The fraction of sp³-hybridized carbons (Fsp3) is 0.647. The van der Waals surface area contributed by atoms with Crippen LogP contribution in [0, 0.1) is 11.8 Å². The van der Waals surface area contributed by atoms with E-state index in [2.05, 4.69) is 50.4 Å². The van der Waals surface area contributed by atoms with Gasteiger partial charge in [0.2, 0.25) is 0 Å². The highest BCUT2D eigenvalue weighted by atomic mass is 14.9. The van der Waals surface area contributed by atoms with Crippen LogP contribution in [0.2, 0.25) is 0 Å². The molecule has 1 heteroatoms. The van der Waals surface area contributed by atoms with Crippen LogP contribution in [-0.2, 0) is 12.8 Å². The molecule has 2 atom stereocenters. The zero-order valence-electron chi connectivity index (χ0n) is 12.1. The zero-order valence-corrected chi connectivity index (χ0v) is 12.1. The van der Waals surface area contributed by atoms with Gasteiger partial charge in [-0.15, -0.1) is 0 Å². The van der Waals surface area contributed by atoms with Crippen molar-refractivity contribution in [2.45, 2.75) is 52.5 Å². The lowest BCUT2D eigenvalue weighted by Crippen LogP contribution is -2.37. The molecule has 0 aliphatic heterocycles. The predicted molar refractivity (Wildman–Crippen MR) is 78.9 cm³/mol. The van der Waals surface area contributed by atoms with E-state index in [-0.39, 0.29) is 0 Å². The SMILES string of the molecule is CCNC(Cc1ccc(CC)cc1)C(C)C1CC1. The first-order chi connectivity index (χ1) is 8.74. The molecule has 1 fully saturated rings. The third kappa shape index (κ3) is 3.58. The highest BCUT2D eigenvalue weighted by Gasteiger charge is 2.32. The minimum atomic E-state index is 0.648. The minimum absolute atomic E-state index is 0.648. The van der Waals surface area contributed by atoms with E-state index in [1.807, 2.05) is 0 Å². The van der Waals surface area contributed by atoms with Gasteiger partial charge >= 0.3 is 0 Å². The smallest absolute Gasteiger partial charge is 0.0136 e. The van der Waals surface area contributed by atoms with Gasteiger partial charge in [-0.3, -0.25) is 0 Å². The summed E-state index contributed by atoms with van der Waals surface area (Å²) in [6, 6.07) is 9.82. The van der Waals surface area contributed by atoms with Gasteiger partial charge in [0.05, 0.1) is 0 Å². The van der Waals surface area contributed by atoms with Gasteiger partial charge in [0.1, 0.15) is 0 Å². The molecule has 1 N–H and O–H groups in total. The molecule has 0 saturated heterocycles. The molecule has 0 amide bonds. The van der Waals surface area contributed by atoms with Crippen LogP contribution >= 0.6 is 0 Å². The average molecular weight is 245 g/mol. The van der Waals surface area contributed by atoms with E-state index in [1.54, 1.807) is 0 Å². The second-order valence-electron chi connectivity index (χ2n) is 5.73. The van der Waals surface area contributed by atoms with Crippen molar-refractivity contribution in [1.82, 2.24) is 5.32 Å². The summed E-state index contributed by atoms with van der Waals surface area (Å²) in [5.41, 5.74) is 2.92. The minimum Gasteiger partial charge on any atom is -0.314 e. The summed E-state index contributed by atoms with van der Waals surface area (Å²) in [6.45, 7) is 7.93. The molecule has 1 nitrogen and oxygen atoms in total. The summed E-state index contributed by atoms with van der Waals surface area (Å²) < 4.78 is 0. The number of likely N-dealkylation sites (N-methyl/N-ethyl adjacent to an activating group) is 1. The van der Waals surface area contributed by atoms with Crippen molar-refractivity contribution in [1.29, 1.82) is 0 Å². The van der Waals surface area contributed by atoms with E-state index in [4.69, 9.17) is 0 Å². The lowest BCUT2D eigenvalue weighted by Gasteiger charge is -2.25. The van der Waals surface area contributed by atoms with Crippen LogP contribution in [0.1, 0.15) is 44.7 Å². The Morgan fingerprint density at radius 3 is 2.22 bits per heavy atom. The highest BCUT2D eigenvalue weighted by Crippen LogP contribution is 2.38. The Bertz CT molecular complexity index is 350. The van der Waals surface area contributed by atoms with Gasteiger partial charge in [0.15, 0.2) is 0 Å².